The molecule has 168 valence electrons. The fourth-order valence-corrected chi connectivity index (χ4v) is 4.97. The molecule has 0 spiro atoms. The highest BCUT2D eigenvalue weighted by Crippen LogP contribution is 2.33. The summed E-state index contributed by atoms with van der Waals surface area (Å²) >= 11 is 3.40. The van der Waals surface area contributed by atoms with Crippen molar-refractivity contribution in [1.82, 2.24) is 30.4 Å². The molecule has 1 fully saturated rings. The number of thioether (sulfide) groups is 1. The van der Waals surface area contributed by atoms with Gasteiger partial charge in [0.15, 0.2) is 11.1 Å². The number of hydrogen-bond donors (Lipinski definition) is 2. The predicted octanol–water partition coefficient (Wildman–Crippen LogP) is 4.23. The lowest BCUT2D eigenvalue weighted by molar-refractivity contribution is 0.461. The van der Waals surface area contributed by atoms with Crippen molar-refractivity contribution in [3.8, 4) is 0 Å². The van der Waals surface area contributed by atoms with E-state index in [1.165, 1.54) is 25.7 Å². The van der Waals surface area contributed by atoms with Crippen LogP contribution in [0.25, 0.3) is 0 Å². The molecule has 10 heteroatoms. The van der Waals surface area contributed by atoms with Crippen LogP contribution in [0.1, 0.15) is 61.6 Å². The molecule has 3 rings (SSSR count). The third kappa shape index (κ3) is 7.37. The number of aryl methyl sites for hydroxylation is 2. The first kappa shape index (κ1) is 25.4. The van der Waals surface area contributed by atoms with Crippen molar-refractivity contribution in [3.05, 3.63) is 21.9 Å². The fraction of sp³-hybridized carbons (Fsp3) is 0.700. The zero-order chi connectivity index (χ0) is 20.5. The predicted molar refractivity (Wildman–Crippen MR) is 138 cm³/mol. The maximum Gasteiger partial charge on any atom is 0.191 e. The number of thiazole rings is 1. The van der Waals surface area contributed by atoms with Crippen LogP contribution in [0, 0.1) is 6.92 Å². The lowest BCUT2D eigenvalue weighted by atomic mass is 10.2. The third-order valence-corrected chi connectivity index (χ3v) is 6.59. The summed E-state index contributed by atoms with van der Waals surface area (Å²) in [5.41, 5.74) is 1.15. The topological polar surface area (TPSA) is 80.0 Å². The van der Waals surface area contributed by atoms with E-state index >= 15 is 0 Å². The Morgan fingerprint density at radius 2 is 2.07 bits per heavy atom. The molecule has 0 amide bonds. The first-order chi connectivity index (χ1) is 14.2. The summed E-state index contributed by atoms with van der Waals surface area (Å²) in [6.45, 7) is 6.60. The molecule has 1 aliphatic rings. The van der Waals surface area contributed by atoms with Crippen LogP contribution < -0.4 is 10.6 Å². The normalized spacial score (nSPS) is 14.7. The molecule has 7 nitrogen and oxygen atoms in total. The molecular weight excluding hydrogens is 529 g/mol. The smallest absolute Gasteiger partial charge is 0.191 e. The molecule has 1 saturated carbocycles. The molecule has 0 atom stereocenters. The number of aromatic nitrogens is 4. The van der Waals surface area contributed by atoms with Crippen molar-refractivity contribution in [2.45, 2.75) is 70.0 Å². The largest absolute Gasteiger partial charge is 0.357 e. The van der Waals surface area contributed by atoms with Gasteiger partial charge in [-0.05, 0) is 39.4 Å². The zero-order valence-corrected chi connectivity index (χ0v) is 22.1. The molecule has 2 heterocycles. The Kier molecular flexibility index (Phi) is 11.4. The highest BCUT2D eigenvalue weighted by molar-refractivity contribution is 14.0. The molecule has 0 aliphatic heterocycles. The molecule has 2 N–H and O–H groups in total. The number of nitrogens with one attached hydrogen (secondary N) is 2. The molecule has 30 heavy (non-hydrogen) atoms. The van der Waals surface area contributed by atoms with Gasteiger partial charge in [-0.25, -0.2) is 4.98 Å². The van der Waals surface area contributed by atoms with Crippen molar-refractivity contribution in [2.24, 2.45) is 4.99 Å². The minimum atomic E-state index is 0. The van der Waals surface area contributed by atoms with E-state index in [2.05, 4.69) is 48.9 Å². The van der Waals surface area contributed by atoms with Gasteiger partial charge >= 0.3 is 0 Å². The molecule has 2 aromatic heterocycles. The van der Waals surface area contributed by atoms with Crippen molar-refractivity contribution in [1.29, 1.82) is 0 Å². The van der Waals surface area contributed by atoms with Crippen LogP contribution in [-0.4, -0.2) is 51.6 Å². The summed E-state index contributed by atoms with van der Waals surface area (Å²) in [5, 5.41) is 19.9. The first-order valence-electron chi connectivity index (χ1n) is 10.6. The first-order valence-corrected chi connectivity index (χ1v) is 12.7. The quantitative estimate of drug-likeness (QED) is 0.148. The summed E-state index contributed by atoms with van der Waals surface area (Å²) in [5.74, 6) is 2.00. The number of halogens is 1. The van der Waals surface area contributed by atoms with Crippen LogP contribution in [-0.2, 0) is 12.8 Å². The van der Waals surface area contributed by atoms with E-state index in [-0.39, 0.29) is 24.0 Å². The van der Waals surface area contributed by atoms with Gasteiger partial charge in [0.2, 0.25) is 0 Å². The van der Waals surface area contributed by atoms with Gasteiger partial charge in [0.05, 0.1) is 10.7 Å². The summed E-state index contributed by atoms with van der Waals surface area (Å²) in [4.78, 5) is 9.25. The zero-order valence-electron chi connectivity index (χ0n) is 18.2. The molecular formula is C20H34IN7S2. The van der Waals surface area contributed by atoms with Gasteiger partial charge in [-0.3, -0.25) is 4.99 Å². The SMILES string of the molecule is CCNC(=NCCCc1nnc(SC)n1C1CCCC1)NCCc1csc(C)n1.I. The van der Waals surface area contributed by atoms with Crippen LogP contribution >= 0.6 is 47.1 Å². The number of guanidine groups is 1. The maximum absolute atomic E-state index is 4.73. The monoisotopic (exact) mass is 563 g/mol. The van der Waals surface area contributed by atoms with Gasteiger partial charge < -0.3 is 15.2 Å². The third-order valence-electron chi connectivity index (χ3n) is 5.12. The number of nitrogens with zero attached hydrogens (tertiary/aromatic N) is 5. The van der Waals surface area contributed by atoms with Gasteiger partial charge in [-0.15, -0.1) is 45.5 Å². The number of aliphatic imine (C=N–C) groups is 1. The van der Waals surface area contributed by atoms with E-state index in [9.17, 15) is 0 Å². The van der Waals surface area contributed by atoms with Crippen LogP contribution in [0.4, 0.5) is 0 Å². The Balaban J connectivity index is 0.00000320. The maximum atomic E-state index is 4.73. The van der Waals surface area contributed by atoms with Crippen LogP contribution in [0.3, 0.4) is 0 Å². The Morgan fingerprint density at radius 3 is 2.73 bits per heavy atom. The standard InChI is InChI=1S/C20H33N7S2.HI/c1-4-21-19(23-13-11-16-14-29-15(2)24-16)22-12-7-10-18-25-26-20(28-3)27(18)17-8-5-6-9-17;/h14,17H,4-13H2,1-3H3,(H2,21,22,23);1H. The van der Waals surface area contributed by atoms with E-state index in [1.807, 2.05) is 6.92 Å². The minimum Gasteiger partial charge on any atom is -0.357 e. The Hall–Kier alpha value is -0.880. The van der Waals surface area contributed by atoms with Gasteiger partial charge in [-0.1, -0.05) is 24.6 Å². The van der Waals surface area contributed by atoms with Gasteiger partial charge in [0, 0.05) is 43.9 Å². The van der Waals surface area contributed by atoms with E-state index in [4.69, 9.17) is 4.99 Å². The molecule has 2 aromatic rings. The van der Waals surface area contributed by atoms with Gasteiger partial charge in [0.1, 0.15) is 5.82 Å². The number of hydrogen-bond acceptors (Lipinski definition) is 6. The average Bonchev–Trinajstić information content (AvgIpc) is 3.45. The lowest BCUT2D eigenvalue weighted by Gasteiger charge is -2.16. The highest BCUT2D eigenvalue weighted by Gasteiger charge is 2.23. The van der Waals surface area contributed by atoms with E-state index in [1.54, 1.807) is 23.1 Å². The van der Waals surface area contributed by atoms with Crippen molar-refractivity contribution >= 4 is 53.0 Å². The minimum absolute atomic E-state index is 0. The van der Waals surface area contributed by atoms with E-state index in [0.717, 1.165) is 66.5 Å². The average molecular weight is 564 g/mol. The van der Waals surface area contributed by atoms with E-state index in [0.29, 0.717) is 6.04 Å². The van der Waals surface area contributed by atoms with Gasteiger partial charge in [-0.2, -0.15) is 0 Å². The molecule has 0 bridgehead atoms. The second-order valence-electron chi connectivity index (χ2n) is 7.31. The molecule has 0 radical (unpaired) electrons. The number of rotatable bonds is 10. The fourth-order valence-electron chi connectivity index (χ4n) is 3.75. The van der Waals surface area contributed by atoms with Crippen LogP contribution in [0.15, 0.2) is 15.5 Å². The molecule has 0 aromatic carbocycles. The van der Waals surface area contributed by atoms with Crippen LogP contribution in [0.5, 0.6) is 0 Å². The summed E-state index contributed by atoms with van der Waals surface area (Å²) < 4.78 is 2.39. The van der Waals surface area contributed by atoms with Gasteiger partial charge in [0.25, 0.3) is 0 Å². The highest BCUT2D eigenvalue weighted by atomic mass is 127. The Bertz CT molecular complexity index is 784. The molecule has 0 saturated heterocycles. The summed E-state index contributed by atoms with van der Waals surface area (Å²) in [7, 11) is 0. The second kappa shape index (κ2) is 13.5. The Morgan fingerprint density at radius 1 is 1.27 bits per heavy atom. The summed E-state index contributed by atoms with van der Waals surface area (Å²) in [6, 6.07) is 0.583. The van der Waals surface area contributed by atoms with Crippen molar-refractivity contribution < 1.29 is 0 Å². The van der Waals surface area contributed by atoms with Crippen LogP contribution in [0.2, 0.25) is 0 Å². The van der Waals surface area contributed by atoms with E-state index < -0.39 is 0 Å². The second-order valence-corrected chi connectivity index (χ2v) is 9.15. The Labute approximate surface area is 205 Å². The lowest BCUT2D eigenvalue weighted by Crippen LogP contribution is -2.38. The van der Waals surface area contributed by atoms with Crippen molar-refractivity contribution in [2.75, 3.05) is 25.9 Å². The van der Waals surface area contributed by atoms with Crippen molar-refractivity contribution in [3.63, 3.8) is 0 Å². The molecule has 0 unspecified atom stereocenters. The summed E-state index contributed by atoms with van der Waals surface area (Å²) in [6.07, 6.45) is 10.0. The molecule has 1 aliphatic carbocycles.